The molecule has 4 aromatic rings. The summed E-state index contributed by atoms with van der Waals surface area (Å²) in [7, 11) is 3.26. The SMILES string of the molecule is CCC(=O)c1cc(C2(c3ccccc3)N=C(N)N(C)C2=O)cs1.CCC1(c2cc(C3(c4ccccc4)N=C(N)N(C)C3=O)cs2)OCCO1. The van der Waals surface area contributed by atoms with Gasteiger partial charge in [0.15, 0.2) is 28.8 Å². The lowest BCUT2D eigenvalue weighted by molar-refractivity contribution is -0.164. The highest BCUT2D eigenvalue weighted by Gasteiger charge is 2.52. The quantitative estimate of drug-likeness (QED) is 0.252. The fourth-order valence-electron chi connectivity index (χ4n) is 6.27. The second-order valence-corrected chi connectivity index (χ2v) is 13.6. The smallest absolute Gasteiger partial charge is 0.266 e. The van der Waals surface area contributed by atoms with Crippen molar-refractivity contribution in [1.82, 2.24) is 9.80 Å². The summed E-state index contributed by atoms with van der Waals surface area (Å²) in [6.07, 6.45) is 1.13. The summed E-state index contributed by atoms with van der Waals surface area (Å²) in [4.78, 5) is 51.5. The van der Waals surface area contributed by atoms with Crippen molar-refractivity contribution >= 4 is 52.2 Å². The Kier molecular flexibility index (Phi) is 9.29. The van der Waals surface area contributed by atoms with Crippen LogP contribution in [0.3, 0.4) is 0 Å². The maximum Gasteiger partial charge on any atom is 0.266 e. The van der Waals surface area contributed by atoms with Gasteiger partial charge in [0, 0.05) is 38.1 Å². The van der Waals surface area contributed by atoms with Crippen LogP contribution in [-0.4, -0.2) is 66.6 Å². The fraction of sp³-hybridized carbons (Fsp3) is 0.306. The zero-order valence-corrected chi connectivity index (χ0v) is 29.3. The summed E-state index contributed by atoms with van der Waals surface area (Å²) in [5.74, 6) is -0.665. The molecule has 3 aliphatic rings. The molecule has 11 nitrogen and oxygen atoms in total. The van der Waals surface area contributed by atoms with Gasteiger partial charge in [-0.1, -0.05) is 74.5 Å². The van der Waals surface area contributed by atoms with Crippen LogP contribution in [0.2, 0.25) is 0 Å². The van der Waals surface area contributed by atoms with Crippen LogP contribution >= 0.6 is 22.7 Å². The molecule has 2 aromatic heterocycles. The third kappa shape index (κ3) is 5.56. The molecule has 254 valence electrons. The Bertz CT molecular complexity index is 1930. The second kappa shape index (κ2) is 13.3. The van der Waals surface area contributed by atoms with Crippen molar-refractivity contribution < 1.29 is 23.9 Å². The lowest BCUT2D eigenvalue weighted by atomic mass is 9.84. The minimum atomic E-state index is -1.21. The van der Waals surface area contributed by atoms with Gasteiger partial charge in [-0.2, -0.15) is 0 Å². The molecular formula is C36H38N6O5S2. The molecule has 1 saturated heterocycles. The maximum absolute atomic E-state index is 13.2. The van der Waals surface area contributed by atoms with Crippen LogP contribution in [-0.2, 0) is 35.9 Å². The summed E-state index contributed by atoms with van der Waals surface area (Å²) in [5, 5.41) is 3.78. The van der Waals surface area contributed by atoms with Crippen LogP contribution in [0.15, 0.2) is 93.5 Å². The number of carbonyl (C=O) groups is 3. The number of hydrogen-bond acceptors (Lipinski definition) is 11. The summed E-state index contributed by atoms with van der Waals surface area (Å²) in [5.41, 5.74) is 12.5. The number of aliphatic imine (C=N–C) groups is 2. The Labute approximate surface area is 292 Å². The standard InChI is InChI=1S/C19H21N3O3S.C17H17N3O2S/c1-3-18(24-9-10-25-18)15-11-14(12-26-15)19(13-7-5-4-6-8-13)16(23)22(2)17(20)21-19;1-3-13(21)14-9-12(10-23-14)17(11-7-5-4-6-8-11)15(22)20(2)16(18)19-17/h4-8,11-12H,3,9-10H2,1-2H3,(H2,20,21);4-10H,3H2,1-2H3,(H2,18,19). The van der Waals surface area contributed by atoms with E-state index in [0.717, 1.165) is 21.6 Å². The molecule has 2 unspecified atom stereocenters. The van der Waals surface area contributed by atoms with E-state index in [-0.39, 0.29) is 29.5 Å². The van der Waals surface area contributed by atoms with Gasteiger partial charge in [-0.15, -0.1) is 22.7 Å². The predicted molar refractivity (Wildman–Crippen MR) is 190 cm³/mol. The molecule has 4 N–H and O–H groups in total. The number of nitrogens with two attached hydrogens (primary N) is 2. The number of amides is 2. The average Bonchev–Trinajstić information content (AvgIpc) is 3.98. The van der Waals surface area contributed by atoms with E-state index in [0.29, 0.717) is 36.5 Å². The lowest BCUT2D eigenvalue weighted by Gasteiger charge is -2.26. The van der Waals surface area contributed by atoms with Crippen molar-refractivity contribution in [1.29, 1.82) is 0 Å². The molecule has 13 heteroatoms. The highest BCUT2D eigenvalue weighted by atomic mass is 32.1. The molecule has 5 heterocycles. The Balaban J connectivity index is 0.000000171. The number of thiophene rings is 2. The predicted octanol–water partition coefficient (Wildman–Crippen LogP) is 4.76. The number of likely N-dealkylation sites (N-methyl/N-ethyl adjacent to an activating group) is 2. The molecule has 3 aliphatic heterocycles. The van der Waals surface area contributed by atoms with Crippen LogP contribution in [0.4, 0.5) is 0 Å². The van der Waals surface area contributed by atoms with Crippen molar-refractivity contribution in [3.05, 3.63) is 116 Å². The monoisotopic (exact) mass is 698 g/mol. The molecule has 2 atom stereocenters. The van der Waals surface area contributed by atoms with Crippen LogP contribution in [0, 0.1) is 0 Å². The number of nitrogens with zero attached hydrogens (tertiary/aromatic N) is 4. The molecule has 2 aromatic carbocycles. The van der Waals surface area contributed by atoms with Crippen molar-refractivity contribution in [2.45, 2.75) is 43.6 Å². The summed E-state index contributed by atoms with van der Waals surface area (Å²) in [6.45, 7) is 4.98. The first kappa shape index (κ1) is 34.2. The van der Waals surface area contributed by atoms with Gasteiger partial charge in [-0.25, -0.2) is 9.98 Å². The Morgan fingerprint density at radius 3 is 1.65 bits per heavy atom. The van der Waals surface area contributed by atoms with E-state index in [2.05, 4.69) is 9.98 Å². The Morgan fingerprint density at radius 1 is 0.755 bits per heavy atom. The lowest BCUT2D eigenvalue weighted by Crippen LogP contribution is -2.41. The number of benzene rings is 2. The molecule has 7 rings (SSSR count). The van der Waals surface area contributed by atoms with Gasteiger partial charge in [-0.3, -0.25) is 24.2 Å². The topological polar surface area (TPSA) is 153 Å². The summed E-state index contributed by atoms with van der Waals surface area (Å²) in [6, 6.07) is 22.6. The van der Waals surface area contributed by atoms with E-state index in [1.807, 2.05) is 91.3 Å². The van der Waals surface area contributed by atoms with Gasteiger partial charge in [0.1, 0.15) is 0 Å². The molecule has 0 spiro atoms. The molecule has 0 aliphatic carbocycles. The number of Topliss-reactive ketones (excluding diaryl/α,β-unsaturated/α-hetero) is 1. The number of guanidine groups is 2. The van der Waals surface area contributed by atoms with Gasteiger partial charge in [0.05, 0.1) is 23.0 Å². The molecule has 49 heavy (non-hydrogen) atoms. The van der Waals surface area contributed by atoms with E-state index in [1.54, 1.807) is 20.2 Å². The highest BCUT2D eigenvalue weighted by molar-refractivity contribution is 7.12. The number of rotatable bonds is 8. The molecule has 0 saturated carbocycles. The summed E-state index contributed by atoms with van der Waals surface area (Å²) >= 11 is 2.86. The normalized spacial score (nSPS) is 22.9. The van der Waals surface area contributed by atoms with Gasteiger partial charge in [0.25, 0.3) is 11.8 Å². The zero-order valence-electron chi connectivity index (χ0n) is 27.7. The van der Waals surface area contributed by atoms with E-state index in [9.17, 15) is 14.4 Å². The van der Waals surface area contributed by atoms with Crippen LogP contribution in [0.5, 0.6) is 0 Å². The Hall–Kier alpha value is -4.69. The number of ether oxygens (including phenoxy) is 2. The largest absolute Gasteiger partial charge is 0.369 e. The average molecular weight is 699 g/mol. The maximum atomic E-state index is 13.2. The third-order valence-corrected chi connectivity index (χ3v) is 11.1. The van der Waals surface area contributed by atoms with Crippen molar-refractivity contribution in [2.75, 3.05) is 27.3 Å². The van der Waals surface area contributed by atoms with Crippen LogP contribution in [0.25, 0.3) is 0 Å². The van der Waals surface area contributed by atoms with E-state index in [1.165, 1.54) is 32.5 Å². The van der Waals surface area contributed by atoms with E-state index < -0.39 is 16.9 Å². The van der Waals surface area contributed by atoms with E-state index >= 15 is 0 Å². The van der Waals surface area contributed by atoms with Gasteiger partial charge in [0.2, 0.25) is 5.79 Å². The first-order valence-electron chi connectivity index (χ1n) is 15.9. The number of carbonyl (C=O) groups excluding carboxylic acids is 3. The third-order valence-electron chi connectivity index (χ3n) is 9.09. The van der Waals surface area contributed by atoms with Crippen molar-refractivity contribution in [3.63, 3.8) is 0 Å². The van der Waals surface area contributed by atoms with E-state index in [4.69, 9.17) is 20.9 Å². The second-order valence-electron chi connectivity index (χ2n) is 11.8. The van der Waals surface area contributed by atoms with Crippen LogP contribution in [0.1, 0.15) is 63.5 Å². The van der Waals surface area contributed by atoms with Gasteiger partial charge >= 0.3 is 0 Å². The number of hydrogen-bond donors (Lipinski definition) is 2. The molecular weight excluding hydrogens is 661 g/mol. The minimum Gasteiger partial charge on any atom is -0.369 e. The fourth-order valence-corrected chi connectivity index (χ4v) is 8.37. The number of ketones is 1. The van der Waals surface area contributed by atoms with Crippen molar-refractivity contribution in [3.8, 4) is 0 Å². The first-order valence-corrected chi connectivity index (χ1v) is 17.7. The van der Waals surface area contributed by atoms with Crippen molar-refractivity contribution in [2.24, 2.45) is 21.5 Å². The molecule has 1 fully saturated rings. The van der Waals surface area contributed by atoms with Gasteiger partial charge in [-0.05, 0) is 34.0 Å². The summed E-state index contributed by atoms with van der Waals surface area (Å²) < 4.78 is 11.8. The minimum absolute atomic E-state index is 0.0558. The Morgan fingerprint density at radius 2 is 1.22 bits per heavy atom. The highest BCUT2D eigenvalue weighted by Crippen LogP contribution is 2.45. The molecule has 2 amide bonds. The zero-order chi connectivity index (χ0) is 35.0. The van der Waals surface area contributed by atoms with Gasteiger partial charge < -0.3 is 20.9 Å². The van der Waals surface area contributed by atoms with Crippen LogP contribution < -0.4 is 11.5 Å². The molecule has 0 bridgehead atoms. The molecule has 0 radical (unpaired) electrons. The first-order chi connectivity index (χ1) is 23.5.